The minimum absolute atomic E-state index is 0.0316. The lowest BCUT2D eigenvalue weighted by Crippen LogP contribution is -2.50. The maximum atomic E-state index is 13.4. The number of carbonyl (C=O) groups is 2. The van der Waals surface area contributed by atoms with Crippen molar-refractivity contribution in [3.05, 3.63) is 78.0 Å². The summed E-state index contributed by atoms with van der Waals surface area (Å²) in [7, 11) is 1.39. The molecule has 0 bridgehead atoms. The Balaban J connectivity index is 1.55. The molecule has 1 saturated heterocycles. The molecule has 2 aromatic carbocycles. The van der Waals surface area contributed by atoms with Crippen molar-refractivity contribution in [2.45, 2.75) is 6.54 Å². The summed E-state index contributed by atoms with van der Waals surface area (Å²) in [5.74, 6) is -0.288. The van der Waals surface area contributed by atoms with E-state index in [4.69, 9.17) is 9.84 Å². The first-order chi connectivity index (χ1) is 15.1. The SMILES string of the molecule is COC(=O)CN1CCN(C(=O)c2cn(Cc3ccccc3)nc2-c2ccccc2)CC1. The van der Waals surface area contributed by atoms with Gasteiger partial charge in [-0.25, -0.2) is 0 Å². The normalized spacial score (nSPS) is 14.4. The van der Waals surface area contributed by atoms with Gasteiger partial charge >= 0.3 is 5.97 Å². The third-order valence-corrected chi connectivity index (χ3v) is 5.47. The lowest BCUT2D eigenvalue weighted by atomic mass is 10.1. The van der Waals surface area contributed by atoms with E-state index in [2.05, 4.69) is 0 Å². The molecule has 1 aliphatic heterocycles. The number of benzene rings is 2. The van der Waals surface area contributed by atoms with Crippen LogP contribution in [0, 0.1) is 0 Å². The molecule has 2 heterocycles. The van der Waals surface area contributed by atoms with E-state index in [0.717, 1.165) is 11.1 Å². The van der Waals surface area contributed by atoms with Crippen LogP contribution in [0.4, 0.5) is 0 Å². The minimum Gasteiger partial charge on any atom is -0.468 e. The summed E-state index contributed by atoms with van der Waals surface area (Å²) in [6.45, 7) is 3.25. The van der Waals surface area contributed by atoms with Crippen LogP contribution in [-0.4, -0.2) is 71.3 Å². The fraction of sp³-hybridized carbons (Fsp3) is 0.292. The molecule has 1 amide bonds. The quantitative estimate of drug-likeness (QED) is 0.576. The van der Waals surface area contributed by atoms with Crippen LogP contribution >= 0.6 is 0 Å². The predicted molar refractivity (Wildman–Crippen MR) is 118 cm³/mol. The Labute approximate surface area is 181 Å². The number of hydrogen-bond donors (Lipinski definition) is 0. The Kier molecular flexibility index (Phi) is 6.43. The van der Waals surface area contributed by atoms with Gasteiger partial charge in [-0.15, -0.1) is 0 Å². The van der Waals surface area contributed by atoms with E-state index in [9.17, 15) is 9.59 Å². The second-order valence-corrected chi connectivity index (χ2v) is 7.59. The third kappa shape index (κ3) is 5.00. The molecule has 0 aliphatic carbocycles. The third-order valence-electron chi connectivity index (χ3n) is 5.47. The molecular weight excluding hydrogens is 392 g/mol. The molecule has 0 unspecified atom stereocenters. The van der Waals surface area contributed by atoms with Gasteiger partial charge in [-0.3, -0.25) is 19.2 Å². The first-order valence-electron chi connectivity index (χ1n) is 10.4. The van der Waals surface area contributed by atoms with Crippen molar-refractivity contribution in [1.29, 1.82) is 0 Å². The van der Waals surface area contributed by atoms with Crippen LogP contribution in [0.25, 0.3) is 11.3 Å². The lowest BCUT2D eigenvalue weighted by molar-refractivity contribution is -0.142. The summed E-state index contributed by atoms with van der Waals surface area (Å²) in [4.78, 5) is 28.8. The summed E-state index contributed by atoms with van der Waals surface area (Å²) in [5.41, 5.74) is 3.34. The molecule has 160 valence electrons. The fourth-order valence-corrected chi connectivity index (χ4v) is 3.77. The maximum absolute atomic E-state index is 13.4. The number of piperazine rings is 1. The molecule has 0 saturated carbocycles. The first kappa shape index (κ1) is 20.8. The van der Waals surface area contributed by atoms with Crippen LogP contribution in [0.3, 0.4) is 0 Å². The molecule has 7 heteroatoms. The van der Waals surface area contributed by atoms with Crippen LogP contribution in [0.5, 0.6) is 0 Å². The number of rotatable bonds is 6. The van der Waals surface area contributed by atoms with Crippen LogP contribution in [0.1, 0.15) is 15.9 Å². The topological polar surface area (TPSA) is 67.7 Å². The number of hydrogen-bond acceptors (Lipinski definition) is 5. The smallest absolute Gasteiger partial charge is 0.319 e. The van der Waals surface area contributed by atoms with E-state index in [-0.39, 0.29) is 18.4 Å². The average Bonchev–Trinajstić information content (AvgIpc) is 3.24. The van der Waals surface area contributed by atoms with Gasteiger partial charge in [0.15, 0.2) is 0 Å². The Morgan fingerprint density at radius 1 is 0.935 bits per heavy atom. The van der Waals surface area contributed by atoms with E-state index in [0.29, 0.717) is 44.0 Å². The molecule has 0 radical (unpaired) electrons. The minimum atomic E-state index is -0.256. The van der Waals surface area contributed by atoms with Gasteiger partial charge in [0.05, 0.1) is 25.8 Å². The number of carbonyl (C=O) groups excluding carboxylic acids is 2. The Bertz CT molecular complexity index is 1030. The summed E-state index contributed by atoms with van der Waals surface area (Å²) >= 11 is 0. The van der Waals surface area contributed by atoms with Gasteiger partial charge < -0.3 is 9.64 Å². The second kappa shape index (κ2) is 9.57. The Morgan fingerprint density at radius 3 is 2.23 bits per heavy atom. The van der Waals surface area contributed by atoms with E-state index in [1.807, 2.05) is 81.3 Å². The van der Waals surface area contributed by atoms with Gasteiger partial charge in [-0.2, -0.15) is 5.10 Å². The van der Waals surface area contributed by atoms with Gasteiger partial charge in [0.2, 0.25) is 0 Å². The van der Waals surface area contributed by atoms with E-state index in [1.54, 1.807) is 0 Å². The molecule has 1 aromatic heterocycles. The zero-order chi connectivity index (χ0) is 21.6. The number of amides is 1. The number of nitrogens with zero attached hydrogens (tertiary/aromatic N) is 4. The molecule has 1 aliphatic rings. The van der Waals surface area contributed by atoms with Gasteiger partial charge in [-0.1, -0.05) is 60.7 Å². The standard InChI is InChI=1S/C24H26N4O3/c1-31-22(29)18-26-12-14-27(15-13-26)24(30)21-17-28(16-19-8-4-2-5-9-19)25-23(21)20-10-6-3-7-11-20/h2-11,17H,12-16,18H2,1H3. The summed E-state index contributed by atoms with van der Waals surface area (Å²) < 4.78 is 6.57. The maximum Gasteiger partial charge on any atom is 0.319 e. The largest absolute Gasteiger partial charge is 0.468 e. The van der Waals surface area contributed by atoms with Crippen molar-refractivity contribution in [3.63, 3.8) is 0 Å². The second-order valence-electron chi connectivity index (χ2n) is 7.59. The van der Waals surface area contributed by atoms with Crippen molar-refractivity contribution in [2.75, 3.05) is 39.8 Å². The predicted octanol–water partition coefficient (Wildman–Crippen LogP) is 2.53. The van der Waals surface area contributed by atoms with Crippen LogP contribution in [-0.2, 0) is 16.1 Å². The van der Waals surface area contributed by atoms with Crippen molar-refractivity contribution in [1.82, 2.24) is 19.6 Å². The molecule has 1 fully saturated rings. The summed E-state index contributed by atoms with van der Waals surface area (Å²) in [6.07, 6.45) is 1.85. The molecule has 0 atom stereocenters. The summed E-state index contributed by atoms with van der Waals surface area (Å²) in [6, 6.07) is 19.9. The first-order valence-corrected chi connectivity index (χ1v) is 10.4. The highest BCUT2D eigenvalue weighted by atomic mass is 16.5. The van der Waals surface area contributed by atoms with Crippen LogP contribution in [0.15, 0.2) is 66.9 Å². The molecule has 4 rings (SSSR count). The zero-order valence-corrected chi connectivity index (χ0v) is 17.6. The molecule has 3 aromatic rings. The average molecular weight is 418 g/mol. The number of methoxy groups -OCH3 is 1. The lowest BCUT2D eigenvalue weighted by Gasteiger charge is -2.34. The van der Waals surface area contributed by atoms with Crippen molar-refractivity contribution in [2.24, 2.45) is 0 Å². The van der Waals surface area contributed by atoms with Gasteiger partial charge in [0.25, 0.3) is 5.91 Å². The van der Waals surface area contributed by atoms with Gasteiger partial charge in [0, 0.05) is 37.9 Å². The van der Waals surface area contributed by atoms with Gasteiger partial charge in [0.1, 0.15) is 5.69 Å². The van der Waals surface area contributed by atoms with E-state index in [1.165, 1.54) is 7.11 Å². The number of aromatic nitrogens is 2. The van der Waals surface area contributed by atoms with Crippen molar-refractivity contribution in [3.8, 4) is 11.3 Å². The summed E-state index contributed by atoms with van der Waals surface area (Å²) in [5, 5.41) is 4.75. The van der Waals surface area contributed by atoms with Crippen LogP contribution in [0.2, 0.25) is 0 Å². The molecule has 0 spiro atoms. The molecular formula is C24H26N4O3. The van der Waals surface area contributed by atoms with E-state index >= 15 is 0 Å². The van der Waals surface area contributed by atoms with E-state index < -0.39 is 0 Å². The Hall–Kier alpha value is -3.45. The molecule has 7 nitrogen and oxygen atoms in total. The molecule has 0 N–H and O–H groups in total. The highest BCUT2D eigenvalue weighted by molar-refractivity contribution is 5.99. The highest BCUT2D eigenvalue weighted by Gasteiger charge is 2.27. The number of ether oxygens (including phenoxy) is 1. The van der Waals surface area contributed by atoms with Crippen LogP contribution < -0.4 is 0 Å². The monoisotopic (exact) mass is 418 g/mol. The fourth-order valence-electron chi connectivity index (χ4n) is 3.77. The number of esters is 1. The molecule has 31 heavy (non-hydrogen) atoms. The zero-order valence-electron chi connectivity index (χ0n) is 17.6. The van der Waals surface area contributed by atoms with Crippen molar-refractivity contribution >= 4 is 11.9 Å². The highest BCUT2D eigenvalue weighted by Crippen LogP contribution is 2.24. The Morgan fingerprint density at radius 2 is 1.58 bits per heavy atom. The van der Waals surface area contributed by atoms with Gasteiger partial charge in [-0.05, 0) is 5.56 Å². The van der Waals surface area contributed by atoms with Crippen molar-refractivity contribution < 1.29 is 14.3 Å².